The second kappa shape index (κ2) is 5.62. The molecule has 5 nitrogen and oxygen atoms in total. The monoisotopic (exact) mass is 289 g/mol. The minimum atomic E-state index is -0.506. The number of aryl methyl sites for hydroxylation is 2. The number of carbonyl (C=O) groups excluding carboxylic acids is 1. The lowest BCUT2D eigenvalue weighted by Gasteiger charge is -2.32. The first-order valence-corrected chi connectivity index (χ1v) is 7.96. The molecular weight excluding hydrogens is 266 g/mol. The molecule has 5 heteroatoms. The van der Waals surface area contributed by atoms with Crippen LogP contribution in [0.5, 0.6) is 0 Å². The lowest BCUT2D eigenvalue weighted by atomic mass is 10.00. The molecule has 2 aliphatic rings. The number of carbonyl (C=O) groups is 1. The normalized spacial score (nSPS) is 23.0. The molecule has 0 aromatic carbocycles. The largest absolute Gasteiger partial charge is 0.341 e. The van der Waals surface area contributed by atoms with Crippen LogP contribution in [-0.2, 0) is 17.6 Å². The summed E-state index contributed by atoms with van der Waals surface area (Å²) in [5.41, 5.74) is 1.89. The molecule has 0 saturated carbocycles. The van der Waals surface area contributed by atoms with Gasteiger partial charge in [-0.15, -0.1) is 0 Å². The SMILES string of the molecule is CC1CCCN(C(=O)C(C)n2nc3c(cc2=O)CCC3)C1. The van der Waals surface area contributed by atoms with Gasteiger partial charge in [-0.05, 0) is 50.5 Å². The van der Waals surface area contributed by atoms with Crippen molar-refractivity contribution >= 4 is 5.91 Å². The number of amides is 1. The molecule has 1 fully saturated rings. The van der Waals surface area contributed by atoms with Gasteiger partial charge in [0.25, 0.3) is 5.56 Å². The first-order valence-electron chi connectivity index (χ1n) is 7.96. The summed E-state index contributed by atoms with van der Waals surface area (Å²) in [6.07, 6.45) is 5.13. The molecule has 2 unspecified atom stereocenters. The van der Waals surface area contributed by atoms with E-state index in [2.05, 4.69) is 12.0 Å². The number of hydrogen-bond acceptors (Lipinski definition) is 3. The Kier molecular flexibility index (Phi) is 3.83. The Morgan fingerprint density at radius 1 is 1.38 bits per heavy atom. The maximum atomic E-state index is 12.6. The van der Waals surface area contributed by atoms with Gasteiger partial charge in [0, 0.05) is 19.2 Å². The van der Waals surface area contributed by atoms with E-state index in [9.17, 15) is 9.59 Å². The summed E-state index contributed by atoms with van der Waals surface area (Å²) in [6, 6.07) is 1.16. The van der Waals surface area contributed by atoms with Gasteiger partial charge in [0.2, 0.25) is 5.91 Å². The van der Waals surface area contributed by atoms with E-state index in [4.69, 9.17) is 0 Å². The van der Waals surface area contributed by atoms with E-state index in [1.807, 2.05) is 4.90 Å². The molecule has 0 N–H and O–H groups in total. The Morgan fingerprint density at radius 3 is 2.95 bits per heavy atom. The van der Waals surface area contributed by atoms with Gasteiger partial charge in [-0.2, -0.15) is 5.10 Å². The summed E-state index contributed by atoms with van der Waals surface area (Å²) < 4.78 is 1.38. The standard InChI is InChI=1S/C16H23N3O2/c1-11-5-4-8-18(10-11)16(21)12(2)19-15(20)9-13-6-3-7-14(13)17-19/h9,11-12H,3-8,10H2,1-2H3. The van der Waals surface area contributed by atoms with Gasteiger partial charge in [0.05, 0.1) is 5.69 Å². The average molecular weight is 289 g/mol. The summed E-state index contributed by atoms with van der Waals surface area (Å²) in [5, 5.41) is 4.44. The van der Waals surface area contributed by atoms with Crippen LogP contribution in [-0.4, -0.2) is 33.7 Å². The summed E-state index contributed by atoms with van der Waals surface area (Å²) in [7, 11) is 0. The topological polar surface area (TPSA) is 55.2 Å². The van der Waals surface area contributed by atoms with Gasteiger partial charge >= 0.3 is 0 Å². The highest BCUT2D eigenvalue weighted by Gasteiger charge is 2.28. The van der Waals surface area contributed by atoms with E-state index in [0.717, 1.165) is 50.0 Å². The Bertz CT molecular complexity index is 608. The first kappa shape index (κ1) is 14.3. The molecule has 0 bridgehead atoms. The minimum absolute atomic E-state index is 0.0223. The molecule has 1 aliphatic carbocycles. The predicted octanol–water partition coefficient (Wildman–Crippen LogP) is 1.55. The van der Waals surface area contributed by atoms with Gasteiger partial charge in [0.15, 0.2) is 0 Å². The number of piperidine rings is 1. The summed E-state index contributed by atoms with van der Waals surface area (Å²) in [4.78, 5) is 26.7. The second-order valence-electron chi connectivity index (χ2n) is 6.46. The third kappa shape index (κ3) is 2.74. The van der Waals surface area contributed by atoms with Crippen molar-refractivity contribution in [3.63, 3.8) is 0 Å². The van der Waals surface area contributed by atoms with Crippen LogP contribution in [0.4, 0.5) is 0 Å². The van der Waals surface area contributed by atoms with Crippen LogP contribution >= 0.6 is 0 Å². The Morgan fingerprint density at radius 2 is 2.19 bits per heavy atom. The van der Waals surface area contributed by atoms with Crippen LogP contribution in [0.3, 0.4) is 0 Å². The fourth-order valence-corrected chi connectivity index (χ4v) is 3.45. The second-order valence-corrected chi connectivity index (χ2v) is 6.46. The Labute approximate surface area is 124 Å². The molecule has 3 rings (SSSR count). The van der Waals surface area contributed by atoms with Gasteiger partial charge in [-0.25, -0.2) is 4.68 Å². The van der Waals surface area contributed by atoms with Crippen LogP contribution in [0, 0.1) is 5.92 Å². The summed E-state index contributed by atoms with van der Waals surface area (Å²) in [6.45, 7) is 5.55. The van der Waals surface area contributed by atoms with Crippen molar-refractivity contribution in [2.45, 2.75) is 52.0 Å². The average Bonchev–Trinajstić information content (AvgIpc) is 2.92. The molecule has 1 aromatic rings. The van der Waals surface area contributed by atoms with Crippen molar-refractivity contribution in [3.8, 4) is 0 Å². The zero-order valence-corrected chi connectivity index (χ0v) is 12.8. The van der Waals surface area contributed by atoms with Crippen molar-refractivity contribution in [2.24, 2.45) is 5.92 Å². The highest BCUT2D eigenvalue weighted by molar-refractivity contribution is 5.80. The highest BCUT2D eigenvalue weighted by Crippen LogP contribution is 2.20. The van der Waals surface area contributed by atoms with Gasteiger partial charge < -0.3 is 4.90 Å². The van der Waals surface area contributed by atoms with E-state index in [1.54, 1.807) is 13.0 Å². The van der Waals surface area contributed by atoms with E-state index >= 15 is 0 Å². The van der Waals surface area contributed by atoms with Crippen molar-refractivity contribution in [1.82, 2.24) is 14.7 Å². The van der Waals surface area contributed by atoms with Gasteiger partial charge in [-0.3, -0.25) is 9.59 Å². The molecule has 0 radical (unpaired) electrons. The van der Waals surface area contributed by atoms with Crippen LogP contribution < -0.4 is 5.56 Å². The van der Waals surface area contributed by atoms with Crippen molar-refractivity contribution in [2.75, 3.05) is 13.1 Å². The van der Waals surface area contributed by atoms with Crippen LogP contribution in [0.2, 0.25) is 0 Å². The molecule has 21 heavy (non-hydrogen) atoms. The van der Waals surface area contributed by atoms with Crippen LogP contribution in [0.25, 0.3) is 0 Å². The summed E-state index contributed by atoms with van der Waals surface area (Å²) >= 11 is 0. The van der Waals surface area contributed by atoms with E-state index in [-0.39, 0.29) is 11.5 Å². The van der Waals surface area contributed by atoms with Crippen molar-refractivity contribution in [3.05, 3.63) is 27.7 Å². The smallest absolute Gasteiger partial charge is 0.267 e. The predicted molar refractivity (Wildman–Crippen MR) is 80.2 cm³/mol. The number of nitrogens with zero attached hydrogens (tertiary/aromatic N) is 3. The molecule has 1 saturated heterocycles. The zero-order valence-electron chi connectivity index (χ0n) is 12.8. The number of rotatable bonds is 2. The maximum Gasteiger partial charge on any atom is 0.267 e. The minimum Gasteiger partial charge on any atom is -0.341 e. The molecular formula is C16H23N3O2. The zero-order chi connectivity index (χ0) is 15.0. The van der Waals surface area contributed by atoms with Crippen LogP contribution in [0.1, 0.15) is 50.4 Å². The number of aromatic nitrogens is 2. The number of likely N-dealkylation sites (tertiary alicyclic amines) is 1. The Hall–Kier alpha value is -1.65. The third-order valence-electron chi connectivity index (χ3n) is 4.68. The van der Waals surface area contributed by atoms with Gasteiger partial charge in [0.1, 0.15) is 6.04 Å². The first-order chi connectivity index (χ1) is 10.1. The van der Waals surface area contributed by atoms with Crippen molar-refractivity contribution < 1.29 is 4.79 Å². The van der Waals surface area contributed by atoms with E-state index < -0.39 is 6.04 Å². The lowest BCUT2D eigenvalue weighted by molar-refractivity contribution is -0.136. The maximum absolute atomic E-state index is 12.6. The molecule has 2 atom stereocenters. The molecule has 2 heterocycles. The lowest BCUT2D eigenvalue weighted by Crippen LogP contribution is -2.44. The molecule has 114 valence electrons. The fourth-order valence-electron chi connectivity index (χ4n) is 3.45. The van der Waals surface area contributed by atoms with E-state index in [0.29, 0.717) is 5.92 Å². The van der Waals surface area contributed by atoms with Crippen molar-refractivity contribution in [1.29, 1.82) is 0 Å². The fraction of sp³-hybridized carbons (Fsp3) is 0.688. The molecule has 0 spiro atoms. The van der Waals surface area contributed by atoms with E-state index in [1.165, 1.54) is 11.1 Å². The number of fused-ring (bicyclic) bond motifs is 1. The number of hydrogen-bond donors (Lipinski definition) is 0. The molecule has 1 aliphatic heterocycles. The molecule has 1 amide bonds. The quantitative estimate of drug-likeness (QED) is 0.830. The molecule has 1 aromatic heterocycles. The Balaban J connectivity index is 1.83. The van der Waals surface area contributed by atoms with Gasteiger partial charge in [-0.1, -0.05) is 6.92 Å². The highest BCUT2D eigenvalue weighted by atomic mass is 16.2. The summed E-state index contributed by atoms with van der Waals surface area (Å²) in [5.74, 6) is 0.564. The van der Waals surface area contributed by atoms with Crippen LogP contribution in [0.15, 0.2) is 10.9 Å². The third-order valence-corrected chi connectivity index (χ3v) is 4.68.